The van der Waals surface area contributed by atoms with E-state index < -0.39 is 0 Å². The summed E-state index contributed by atoms with van der Waals surface area (Å²) in [5.74, 6) is 7.17. The number of nitrogens with zero attached hydrogens (tertiary/aromatic N) is 1. The van der Waals surface area contributed by atoms with E-state index in [2.05, 4.69) is 17.2 Å². The third-order valence-electron chi connectivity index (χ3n) is 5.54. The Morgan fingerprint density at radius 1 is 1.19 bits per heavy atom. The molecule has 2 aliphatic rings. The largest absolute Gasteiger partial charge is 0.356 e. The molecule has 2 atom stereocenters. The predicted octanol–water partition coefficient (Wildman–Crippen LogP) is 2.44. The monoisotopic (exact) mass is 361 g/mol. The minimum absolute atomic E-state index is 0.0752. The highest BCUT2D eigenvalue weighted by Crippen LogP contribution is 2.23. The summed E-state index contributed by atoms with van der Waals surface area (Å²) < 4.78 is 0. The summed E-state index contributed by atoms with van der Waals surface area (Å²) >= 11 is 0. The molecule has 0 radical (unpaired) electrons. The van der Waals surface area contributed by atoms with Crippen LogP contribution in [-0.4, -0.2) is 42.4 Å². The lowest BCUT2D eigenvalue weighted by molar-refractivity contribution is -0.133. The van der Waals surface area contributed by atoms with Crippen molar-refractivity contribution in [3.05, 3.63) is 0 Å². The Labute approximate surface area is 158 Å². The number of carbonyl (C=O) groups excluding carboxylic acids is 2. The smallest absolute Gasteiger partial charge is 0.224 e. The second-order valence-corrected chi connectivity index (χ2v) is 7.93. The number of likely N-dealkylation sites (tertiary alicyclic amines) is 1. The zero-order valence-corrected chi connectivity index (χ0v) is 16.3. The Kier molecular flexibility index (Phi) is 8.97. The maximum atomic E-state index is 12.7. The van der Waals surface area contributed by atoms with Crippen LogP contribution >= 0.6 is 0 Å². The lowest BCUT2D eigenvalue weighted by Gasteiger charge is -2.25. The van der Waals surface area contributed by atoms with Crippen molar-refractivity contribution in [1.29, 1.82) is 0 Å². The molecule has 3 N–H and O–H groups in total. The number of nitrogens with one attached hydrogen (secondary N) is 1. The van der Waals surface area contributed by atoms with Gasteiger partial charge in [0.15, 0.2) is 0 Å². The van der Waals surface area contributed by atoms with Crippen LogP contribution in [0.4, 0.5) is 0 Å². The van der Waals surface area contributed by atoms with Gasteiger partial charge in [-0.05, 0) is 51.4 Å². The first-order valence-electron chi connectivity index (χ1n) is 10.3. The van der Waals surface area contributed by atoms with Crippen LogP contribution in [0.3, 0.4) is 0 Å². The van der Waals surface area contributed by atoms with Gasteiger partial charge in [-0.2, -0.15) is 0 Å². The highest BCUT2D eigenvalue weighted by Gasteiger charge is 2.27. The second kappa shape index (κ2) is 11.2. The van der Waals surface area contributed by atoms with Crippen molar-refractivity contribution < 1.29 is 9.59 Å². The molecular weight excluding hydrogens is 326 g/mol. The van der Waals surface area contributed by atoms with Crippen molar-refractivity contribution >= 4 is 11.8 Å². The average Bonchev–Trinajstić information content (AvgIpc) is 3.02. The van der Waals surface area contributed by atoms with Crippen LogP contribution in [0, 0.1) is 23.7 Å². The second-order valence-electron chi connectivity index (χ2n) is 7.93. The summed E-state index contributed by atoms with van der Waals surface area (Å²) in [4.78, 5) is 27.1. The lowest BCUT2D eigenvalue weighted by Crippen LogP contribution is -2.41. The van der Waals surface area contributed by atoms with E-state index in [1.165, 1.54) is 0 Å². The summed E-state index contributed by atoms with van der Waals surface area (Å²) in [6.07, 6.45) is 9.36. The van der Waals surface area contributed by atoms with Crippen molar-refractivity contribution in [2.75, 3.05) is 19.6 Å². The zero-order valence-electron chi connectivity index (χ0n) is 16.3. The predicted molar refractivity (Wildman–Crippen MR) is 104 cm³/mol. The van der Waals surface area contributed by atoms with Gasteiger partial charge in [-0.1, -0.05) is 6.42 Å². The van der Waals surface area contributed by atoms with Gasteiger partial charge >= 0.3 is 0 Å². The first-order valence-corrected chi connectivity index (χ1v) is 10.3. The fraction of sp³-hybridized carbons (Fsp3) is 0.810. The topological polar surface area (TPSA) is 75.4 Å². The van der Waals surface area contributed by atoms with E-state index >= 15 is 0 Å². The van der Waals surface area contributed by atoms with Crippen LogP contribution in [0.5, 0.6) is 0 Å². The van der Waals surface area contributed by atoms with E-state index in [9.17, 15) is 9.59 Å². The van der Waals surface area contributed by atoms with E-state index in [-0.39, 0.29) is 23.8 Å². The van der Waals surface area contributed by atoms with Crippen molar-refractivity contribution in [3.8, 4) is 11.8 Å². The molecule has 1 aliphatic heterocycles. The molecule has 0 aromatic carbocycles. The van der Waals surface area contributed by atoms with Crippen LogP contribution < -0.4 is 11.1 Å². The summed E-state index contributed by atoms with van der Waals surface area (Å²) in [5.41, 5.74) is 5.74. The quantitative estimate of drug-likeness (QED) is 0.684. The normalized spacial score (nSPS) is 22.5. The first kappa shape index (κ1) is 20.8. The molecule has 0 spiro atoms. The van der Waals surface area contributed by atoms with Crippen LogP contribution in [0.2, 0.25) is 0 Å². The molecule has 0 bridgehead atoms. The fourth-order valence-electron chi connectivity index (χ4n) is 3.80. The zero-order chi connectivity index (χ0) is 18.8. The maximum Gasteiger partial charge on any atom is 0.224 e. The Hall–Kier alpha value is -1.54. The highest BCUT2D eigenvalue weighted by molar-refractivity contribution is 5.81. The molecule has 0 saturated carbocycles. The van der Waals surface area contributed by atoms with Crippen molar-refractivity contribution in [1.82, 2.24) is 10.2 Å². The molecule has 1 aliphatic carbocycles. The number of amides is 2. The molecule has 2 rings (SSSR count). The first-order chi connectivity index (χ1) is 12.6. The minimum Gasteiger partial charge on any atom is -0.356 e. The van der Waals surface area contributed by atoms with E-state index in [1.807, 2.05) is 11.8 Å². The summed E-state index contributed by atoms with van der Waals surface area (Å²) in [7, 11) is 0. The molecule has 1 fully saturated rings. The molecule has 2 amide bonds. The molecule has 26 heavy (non-hydrogen) atoms. The van der Waals surface area contributed by atoms with Crippen LogP contribution in [0.15, 0.2) is 0 Å². The number of hydrogen-bond acceptors (Lipinski definition) is 3. The van der Waals surface area contributed by atoms with Gasteiger partial charge < -0.3 is 16.0 Å². The minimum atomic E-state index is -0.0826. The van der Waals surface area contributed by atoms with Gasteiger partial charge in [-0.25, -0.2) is 0 Å². The molecule has 2 unspecified atom stereocenters. The molecule has 5 heteroatoms. The van der Waals surface area contributed by atoms with Gasteiger partial charge in [0.2, 0.25) is 11.8 Å². The number of carbonyl (C=O) groups is 2. The Bertz CT molecular complexity index is 509. The maximum absolute atomic E-state index is 12.7. The van der Waals surface area contributed by atoms with Crippen LogP contribution in [0.1, 0.15) is 71.1 Å². The van der Waals surface area contributed by atoms with Gasteiger partial charge in [0, 0.05) is 44.9 Å². The molecule has 5 nitrogen and oxygen atoms in total. The number of rotatable bonds is 7. The fourth-order valence-corrected chi connectivity index (χ4v) is 3.80. The third-order valence-corrected chi connectivity index (χ3v) is 5.54. The summed E-state index contributed by atoms with van der Waals surface area (Å²) in [5, 5.41) is 2.99. The average molecular weight is 362 g/mol. The summed E-state index contributed by atoms with van der Waals surface area (Å²) in [6.45, 7) is 3.91. The van der Waals surface area contributed by atoms with E-state index in [0.29, 0.717) is 25.4 Å². The molecule has 0 aromatic rings. The Morgan fingerprint density at radius 2 is 1.92 bits per heavy atom. The third kappa shape index (κ3) is 7.37. The van der Waals surface area contributed by atoms with Gasteiger partial charge in [0.25, 0.3) is 0 Å². The molecule has 1 saturated heterocycles. The van der Waals surface area contributed by atoms with E-state index in [1.54, 1.807) is 0 Å². The van der Waals surface area contributed by atoms with Crippen molar-refractivity contribution in [2.45, 2.75) is 77.2 Å². The van der Waals surface area contributed by atoms with Crippen LogP contribution in [0.25, 0.3) is 0 Å². The highest BCUT2D eigenvalue weighted by atomic mass is 16.2. The van der Waals surface area contributed by atoms with E-state index in [0.717, 1.165) is 64.3 Å². The van der Waals surface area contributed by atoms with Crippen molar-refractivity contribution in [2.24, 2.45) is 17.6 Å². The van der Waals surface area contributed by atoms with Gasteiger partial charge in [0.1, 0.15) is 0 Å². The SMILES string of the molecule is CC(N)CCNC(=O)C1CCCCN(C(=O)CCC2CCC#CCC2)C1. The molecule has 146 valence electrons. The van der Waals surface area contributed by atoms with Gasteiger partial charge in [0.05, 0.1) is 5.92 Å². The van der Waals surface area contributed by atoms with Gasteiger partial charge in [-0.3, -0.25) is 9.59 Å². The van der Waals surface area contributed by atoms with Crippen LogP contribution in [-0.2, 0) is 9.59 Å². The molecule has 1 heterocycles. The molecular formula is C21H35N3O2. The Balaban J connectivity index is 1.77. The number of hydrogen-bond donors (Lipinski definition) is 2. The Morgan fingerprint density at radius 3 is 2.62 bits per heavy atom. The van der Waals surface area contributed by atoms with Gasteiger partial charge in [-0.15, -0.1) is 11.8 Å². The van der Waals surface area contributed by atoms with E-state index in [4.69, 9.17) is 5.73 Å². The molecule has 0 aromatic heterocycles. The standard InChI is InChI=1S/C21H35N3O2/c1-17(22)13-14-23-21(26)19-10-6-7-15-24(16-19)20(25)12-11-18-8-4-2-3-5-9-18/h17-19H,4-16,22H2,1H3,(H,23,26). The lowest BCUT2D eigenvalue weighted by atomic mass is 9.94. The van der Waals surface area contributed by atoms with Crippen molar-refractivity contribution in [3.63, 3.8) is 0 Å². The summed E-state index contributed by atoms with van der Waals surface area (Å²) in [6, 6.07) is 0.0943. The number of nitrogens with two attached hydrogens (primary N) is 1.